The first-order valence-corrected chi connectivity index (χ1v) is 7.09. The summed E-state index contributed by atoms with van der Waals surface area (Å²) in [6.07, 6.45) is 1.37. The number of aromatic amines is 2. The van der Waals surface area contributed by atoms with Gasteiger partial charge in [0.2, 0.25) is 0 Å². The molecule has 0 aliphatic heterocycles. The maximum atomic E-state index is 12.0. The van der Waals surface area contributed by atoms with Crippen LogP contribution in [0.5, 0.6) is 0 Å². The molecule has 0 aliphatic carbocycles. The van der Waals surface area contributed by atoms with Crippen molar-refractivity contribution in [3.05, 3.63) is 75.6 Å². The zero-order chi connectivity index (χ0) is 15.8. The summed E-state index contributed by atoms with van der Waals surface area (Å²) in [7, 11) is 0. The van der Waals surface area contributed by atoms with Crippen LogP contribution >= 0.6 is 0 Å². The molecule has 0 saturated heterocycles. The minimum absolute atomic E-state index is 0.270. The quantitative estimate of drug-likeness (QED) is 0.496. The van der Waals surface area contributed by atoms with Crippen molar-refractivity contribution in [2.45, 2.75) is 0 Å². The first-order chi connectivity index (χ1) is 11.2. The Morgan fingerprint density at radius 1 is 0.870 bits per heavy atom. The monoisotopic (exact) mass is 304 g/mol. The molecular formula is C17H12N4O2. The molecule has 6 nitrogen and oxygen atoms in total. The van der Waals surface area contributed by atoms with Crippen LogP contribution in [0.1, 0.15) is 0 Å². The summed E-state index contributed by atoms with van der Waals surface area (Å²) in [4.78, 5) is 32.4. The van der Waals surface area contributed by atoms with Gasteiger partial charge in [0, 0.05) is 17.0 Å². The van der Waals surface area contributed by atoms with Crippen molar-refractivity contribution in [3.63, 3.8) is 0 Å². The molecular weight excluding hydrogens is 292 g/mol. The second-order valence-corrected chi connectivity index (χ2v) is 5.13. The molecule has 4 rings (SSSR count). The Kier molecular flexibility index (Phi) is 2.94. The third kappa shape index (κ3) is 2.26. The van der Waals surface area contributed by atoms with Gasteiger partial charge in [0.1, 0.15) is 5.69 Å². The number of aromatic nitrogens is 3. The van der Waals surface area contributed by atoms with E-state index in [1.165, 1.54) is 6.20 Å². The van der Waals surface area contributed by atoms with E-state index in [4.69, 9.17) is 0 Å². The van der Waals surface area contributed by atoms with Crippen molar-refractivity contribution < 1.29 is 0 Å². The maximum absolute atomic E-state index is 12.0. The number of nitrogens with zero attached hydrogens (tertiary/aromatic N) is 1. The minimum atomic E-state index is -0.537. The summed E-state index contributed by atoms with van der Waals surface area (Å²) in [5.74, 6) is 0. The lowest BCUT2D eigenvalue weighted by Crippen LogP contribution is -2.23. The van der Waals surface area contributed by atoms with Crippen LogP contribution in [-0.2, 0) is 0 Å². The molecule has 0 amide bonds. The first kappa shape index (κ1) is 13.3. The highest BCUT2D eigenvalue weighted by Gasteiger charge is 2.10. The number of para-hydroxylation sites is 2. The van der Waals surface area contributed by atoms with Gasteiger partial charge in [0.15, 0.2) is 0 Å². The molecule has 0 fully saturated rings. The van der Waals surface area contributed by atoms with Crippen molar-refractivity contribution in [1.29, 1.82) is 0 Å². The molecule has 2 heterocycles. The van der Waals surface area contributed by atoms with Crippen LogP contribution in [0.25, 0.3) is 21.8 Å². The molecule has 0 atom stereocenters. The Balaban J connectivity index is 2.03. The molecule has 0 unspecified atom stereocenters. The van der Waals surface area contributed by atoms with E-state index in [0.717, 1.165) is 27.5 Å². The molecule has 0 spiro atoms. The van der Waals surface area contributed by atoms with Gasteiger partial charge in [-0.1, -0.05) is 36.4 Å². The highest BCUT2D eigenvalue weighted by molar-refractivity contribution is 6.08. The molecule has 0 aliphatic rings. The van der Waals surface area contributed by atoms with E-state index >= 15 is 0 Å². The van der Waals surface area contributed by atoms with E-state index < -0.39 is 11.2 Å². The number of fused-ring (bicyclic) bond motifs is 2. The van der Waals surface area contributed by atoms with E-state index in [-0.39, 0.29) is 5.69 Å². The summed E-state index contributed by atoms with van der Waals surface area (Å²) < 4.78 is 0. The molecule has 112 valence electrons. The Morgan fingerprint density at radius 2 is 1.48 bits per heavy atom. The lowest BCUT2D eigenvalue weighted by molar-refractivity contribution is 1.04. The van der Waals surface area contributed by atoms with Gasteiger partial charge >= 0.3 is 5.69 Å². The van der Waals surface area contributed by atoms with Crippen molar-refractivity contribution >= 4 is 33.2 Å². The summed E-state index contributed by atoms with van der Waals surface area (Å²) in [5, 5.41) is 4.93. The Labute approximate surface area is 129 Å². The highest BCUT2D eigenvalue weighted by Crippen LogP contribution is 2.31. The van der Waals surface area contributed by atoms with E-state index in [1.807, 2.05) is 48.5 Å². The van der Waals surface area contributed by atoms with Crippen LogP contribution < -0.4 is 16.6 Å². The predicted molar refractivity (Wildman–Crippen MR) is 90.2 cm³/mol. The van der Waals surface area contributed by atoms with Crippen LogP contribution in [0.2, 0.25) is 0 Å². The first-order valence-electron chi connectivity index (χ1n) is 7.09. The van der Waals surface area contributed by atoms with Crippen molar-refractivity contribution in [1.82, 2.24) is 15.0 Å². The van der Waals surface area contributed by atoms with E-state index in [9.17, 15) is 9.59 Å². The molecule has 4 aromatic rings. The van der Waals surface area contributed by atoms with Gasteiger partial charge in [-0.05, 0) is 12.1 Å². The fourth-order valence-electron chi connectivity index (χ4n) is 2.61. The van der Waals surface area contributed by atoms with E-state index in [2.05, 4.69) is 20.3 Å². The predicted octanol–water partition coefficient (Wildman–Crippen LogP) is 2.51. The van der Waals surface area contributed by atoms with Gasteiger partial charge in [-0.25, -0.2) is 9.78 Å². The lowest BCUT2D eigenvalue weighted by Gasteiger charge is -2.12. The maximum Gasteiger partial charge on any atom is 0.325 e. The topological polar surface area (TPSA) is 90.6 Å². The third-order valence-corrected chi connectivity index (χ3v) is 3.67. The number of H-pyrrole nitrogens is 2. The van der Waals surface area contributed by atoms with Gasteiger partial charge in [0.05, 0.1) is 16.7 Å². The van der Waals surface area contributed by atoms with E-state index in [1.54, 1.807) is 0 Å². The van der Waals surface area contributed by atoms with Crippen LogP contribution in [0.15, 0.2) is 64.3 Å². The van der Waals surface area contributed by atoms with Gasteiger partial charge in [-0.15, -0.1) is 0 Å². The number of anilines is 2. The van der Waals surface area contributed by atoms with Crippen molar-refractivity contribution in [2.75, 3.05) is 5.32 Å². The molecule has 6 heteroatoms. The lowest BCUT2D eigenvalue weighted by atomic mass is 10.1. The van der Waals surface area contributed by atoms with Gasteiger partial charge < -0.3 is 10.3 Å². The van der Waals surface area contributed by atoms with Crippen LogP contribution in [0.4, 0.5) is 11.4 Å². The van der Waals surface area contributed by atoms with Gasteiger partial charge in [-0.2, -0.15) is 0 Å². The fraction of sp³-hybridized carbons (Fsp3) is 0. The average molecular weight is 304 g/mol. The third-order valence-electron chi connectivity index (χ3n) is 3.67. The normalized spacial score (nSPS) is 11.0. The Bertz CT molecular complexity index is 1090. The molecule has 3 N–H and O–H groups in total. The Morgan fingerprint density at radius 3 is 2.09 bits per heavy atom. The number of rotatable bonds is 2. The smallest absolute Gasteiger partial charge is 0.325 e. The molecule has 23 heavy (non-hydrogen) atoms. The largest absolute Gasteiger partial charge is 0.349 e. The van der Waals surface area contributed by atoms with Gasteiger partial charge in [0.25, 0.3) is 5.56 Å². The standard InChI is InChI=1S/C17H12N4O2/c22-16-14(9-18-17(23)21-16)20-15-10-5-1-3-7-12(10)19-13-8-4-2-6-11(13)15/h1-9H,(H,19,20)(H2,18,21,22,23). The van der Waals surface area contributed by atoms with Crippen LogP contribution in [-0.4, -0.2) is 15.0 Å². The van der Waals surface area contributed by atoms with Crippen molar-refractivity contribution in [3.8, 4) is 0 Å². The summed E-state index contributed by atoms with van der Waals surface area (Å²) >= 11 is 0. The van der Waals surface area contributed by atoms with Gasteiger partial charge in [-0.3, -0.25) is 9.78 Å². The number of pyridine rings is 1. The number of benzene rings is 2. The zero-order valence-electron chi connectivity index (χ0n) is 12.0. The van der Waals surface area contributed by atoms with E-state index in [0.29, 0.717) is 0 Å². The number of nitrogens with one attached hydrogen (secondary N) is 3. The van der Waals surface area contributed by atoms with Crippen LogP contribution in [0, 0.1) is 0 Å². The summed E-state index contributed by atoms with van der Waals surface area (Å²) in [6.45, 7) is 0. The fourth-order valence-corrected chi connectivity index (χ4v) is 2.61. The second-order valence-electron chi connectivity index (χ2n) is 5.13. The highest BCUT2D eigenvalue weighted by atomic mass is 16.2. The molecule has 0 radical (unpaired) electrons. The second kappa shape index (κ2) is 5.10. The number of hydrogen-bond acceptors (Lipinski definition) is 4. The van der Waals surface area contributed by atoms with Crippen LogP contribution in [0.3, 0.4) is 0 Å². The zero-order valence-corrected chi connectivity index (χ0v) is 12.0. The number of hydrogen-bond donors (Lipinski definition) is 3. The molecule has 2 aromatic heterocycles. The Hall–Kier alpha value is -3.41. The minimum Gasteiger partial charge on any atom is -0.349 e. The summed E-state index contributed by atoms with van der Waals surface area (Å²) in [5.41, 5.74) is 1.70. The SMILES string of the molecule is O=c1[nH]cc(Nc2c3ccccc3nc3ccccc23)c(=O)[nH]1. The van der Waals surface area contributed by atoms with Crippen molar-refractivity contribution in [2.24, 2.45) is 0 Å². The molecule has 2 aromatic carbocycles. The molecule has 0 bridgehead atoms. The summed E-state index contributed by atoms with van der Waals surface area (Å²) in [6, 6.07) is 15.4. The average Bonchev–Trinajstić information content (AvgIpc) is 2.56. The molecule has 0 saturated carbocycles.